The monoisotopic (exact) mass is 412 g/mol. The summed E-state index contributed by atoms with van der Waals surface area (Å²) in [6.07, 6.45) is 3.44. The standard InChI is InChI=1S/C20H21ClN6O2/c1-12-16(11-27(3)25-12)24-18-9-15(13(21)10-22-18)23-14-5-4-6-17-19(14)20(28)26(2)7-8-29-17/h4-6,9-11H,7-8H2,1-3H3,(H2,22,23,24). The summed E-state index contributed by atoms with van der Waals surface area (Å²) in [5.74, 6) is 1.06. The Labute approximate surface area is 173 Å². The first kappa shape index (κ1) is 19.1. The summed E-state index contributed by atoms with van der Waals surface area (Å²) < 4.78 is 7.48. The van der Waals surface area contributed by atoms with Crippen LogP contribution in [-0.2, 0) is 7.05 Å². The van der Waals surface area contributed by atoms with Crippen molar-refractivity contribution >= 4 is 40.4 Å². The maximum atomic E-state index is 12.8. The van der Waals surface area contributed by atoms with E-state index in [1.54, 1.807) is 35.0 Å². The predicted molar refractivity (Wildman–Crippen MR) is 113 cm³/mol. The van der Waals surface area contributed by atoms with Gasteiger partial charge in [0.05, 0.1) is 40.5 Å². The van der Waals surface area contributed by atoms with Crippen LogP contribution in [0.2, 0.25) is 5.02 Å². The zero-order valence-electron chi connectivity index (χ0n) is 16.4. The molecule has 0 bridgehead atoms. The van der Waals surface area contributed by atoms with Crippen molar-refractivity contribution in [3.63, 3.8) is 0 Å². The van der Waals surface area contributed by atoms with Gasteiger partial charge in [0, 0.05) is 26.4 Å². The number of fused-ring (bicyclic) bond motifs is 1. The van der Waals surface area contributed by atoms with Gasteiger partial charge in [-0.2, -0.15) is 5.10 Å². The van der Waals surface area contributed by atoms with Crippen LogP contribution in [0.5, 0.6) is 5.75 Å². The maximum Gasteiger partial charge on any atom is 0.259 e. The lowest BCUT2D eigenvalue weighted by atomic mass is 10.1. The van der Waals surface area contributed by atoms with Gasteiger partial charge in [0.15, 0.2) is 0 Å². The summed E-state index contributed by atoms with van der Waals surface area (Å²) >= 11 is 6.37. The number of benzene rings is 1. The van der Waals surface area contributed by atoms with E-state index >= 15 is 0 Å². The minimum atomic E-state index is -0.102. The zero-order chi connectivity index (χ0) is 20.5. The normalized spacial score (nSPS) is 13.5. The SMILES string of the molecule is Cc1nn(C)cc1Nc1cc(Nc2cccc3c2C(=O)N(C)CCO3)c(Cl)cn1. The molecule has 1 aromatic carbocycles. The molecule has 3 heterocycles. The van der Waals surface area contributed by atoms with Gasteiger partial charge in [-0.3, -0.25) is 9.48 Å². The van der Waals surface area contributed by atoms with Crippen molar-refractivity contribution in [3.8, 4) is 5.75 Å². The van der Waals surface area contributed by atoms with Crippen LogP contribution in [0.15, 0.2) is 36.7 Å². The summed E-state index contributed by atoms with van der Waals surface area (Å²) in [6.45, 7) is 2.90. The summed E-state index contributed by atoms with van der Waals surface area (Å²) in [5, 5.41) is 11.3. The second-order valence-electron chi connectivity index (χ2n) is 6.86. The van der Waals surface area contributed by atoms with E-state index in [4.69, 9.17) is 16.3 Å². The van der Waals surface area contributed by atoms with Gasteiger partial charge in [0.2, 0.25) is 0 Å². The fraction of sp³-hybridized carbons (Fsp3) is 0.250. The molecule has 0 unspecified atom stereocenters. The Kier molecular flexibility index (Phi) is 5.02. The average Bonchev–Trinajstić information content (AvgIpc) is 2.92. The molecule has 1 aliphatic rings. The molecule has 0 saturated heterocycles. The van der Waals surface area contributed by atoms with Crippen molar-refractivity contribution in [2.24, 2.45) is 7.05 Å². The Morgan fingerprint density at radius 3 is 2.76 bits per heavy atom. The molecule has 9 heteroatoms. The first-order valence-corrected chi connectivity index (χ1v) is 9.51. The van der Waals surface area contributed by atoms with Gasteiger partial charge in [-0.1, -0.05) is 17.7 Å². The molecule has 1 aliphatic heterocycles. The molecule has 0 spiro atoms. The Bertz CT molecular complexity index is 1080. The third-order valence-electron chi connectivity index (χ3n) is 4.67. The Balaban J connectivity index is 1.67. The van der Waals surface area contributed by atoms with E-state index in [9.17, 15) is 4.79 Å². The molecule has 2 N–H and O–H groups in total. The first-order valence-electron chi connectivity index (χ1n) is 9.13. The molecule has 0 saturated carbocycles. The van der Waals surface area contributed by atoms with Crippen LogP contribution >= 0.6 is 11.6 Å². The van der Waals surface area contributed by atoms with Crippen LogP contribution in [0.1, 0.15) is 16.1 Å². The number of pyridine rings is 1. The largest absolute Gasteiger partial charge is 0.491 e. The third-order valence-corrected chi connectivity index (χ3v) is 4.97. The van der Waals surface area contributed by atoms with E-state index in [0.29, 0.717) is 46.7 Å². The number of rotatable bonds is 4. The van der Waals surface area contributed by atoms with Crippen LogP contribution in [0, 0.1) is 6.92 Å². The van der Waals surface area contributed by atoms with E-state index in [1.165, 1.54) is 0 Å². The molecule has 2 aromatic heterocycles. The number of halogens is 1. The second kappa shape index (κ2) is 7.63. The Morgan fingerprint density at radius 2 is 2.00 bits per heavy atom. The predicted octanol–water partition coefficient (Wildman–Crippen LogP) is 3.73. The van der Waals surface area contributed by atoms with Crippen LogP contribution < -0.4 is 15.4 Å². The molecule has 0 radical (unpaired) electrons. The van der Waals surface area contributed by atoms with Gasteiger partial charge in [0.1, 0.15) is 23.7 Å². The Hall–Kier alpha value is -3.26. The lowest BCUT2D eigenvalue weighted by Gasteiger charge is -2.17. The molecule has 1 amide bonds. The quantitative estimate of drug-likeness (QED) is 0.679. The zero-order valence-corrected chi connectivity index (χ0v) is 17.1. The Morgan fingerprint density at radius 1 is 1.17 bits per heavy atom. The number of nitrogens with one attached hydrogen (secondary N) is 2. The summed E-state index contributed by atoms with van der Waals surface area (Å²) in [5.41, 5.74) is 3.44. The molecular formula is C20H21ClN6O2. The highest BCUT2D eigenvalue weighted by molar-refractivity contribution is 6.33. The van der Waals surface area contributed by atoms with Crippen LogP contribution in [0.25, 0.3) is 0 Å². The number of carbonyl (C=O) groups is 1. The van der Waals surface area contributed by atoms with Crippen LogP contribution in [-0.4, -0.2) is 45.8 Å². The van der Waals surface area contributed by atoms with Crippen molar-refractivity contribution in [2.75, 3.05) is 30.8 Å². The number of hydrogen-bond acceptors (Lipinski definition) is 6. The minimum absolute atomic E-state index is 0.102. The van der Waals surface area contributed by atoms with Gasteiger partial charge in [-0.05, 0) is 19.1 Å². The highest BCUT2D eigenvalue weighted by Gasteiger charge is 2.24. The van der Waals surface area contributed by atoms with Crippen molar-refractivity contribution in [1.29, 1.82) is 0 Å². The topological polar surface area (TPSA) is 84.3 Å². The van der Waals surface area contributed by atoms with Crippen molar-refractivity contribution in [1.82, 2.24) is 19.7 Å². The number of likely N-dealkylation sites (N-methyl/N-ethyl adjacent to an activating group) is 1. The fourth-order valence-corrected chi connectivity index (χ4v) is 3.32. The number of aromatic nitrogens is 3. The number of ether oxygens (including phenoxy) is 1. The van der Waals surface area contributed by atoms with Crippen LogP contribution in [0.3, 0.4) is 0 Å². The van der Waals surface area contributed by atoms with Crippen molar-refractivity contribution in [2.45, 2.75) is 6.92 Å². The maximum absolute atomic E-state index is 12.8. The molecule has 29 heavy (non-hydrogen) atoms. The first-order chi connectivity index (χ1) is 13.9. The highest BCUT2D eigenvalue weighted by atomic mass is 35.5. The molecule has 0 aliphatic carbocycles. The molecular weight excluding hydrogens is 392 g/mol. The molecule has 8 nitrogen and oxygen atoms in total. The van der Waals surface area contributed by atoms with E-state index in [2.05, 4.69) is 20.7 Å². The number of carbonyl (C=O) groups excluding carboxylic acids is 1. The molecule has 3 aromatic rings. The number of aryl methyl sites for hydroxylation is 2. The number of hydrogen-bond donors (Lipinski definition) is 2. The number of anilines is 4. The average molecular weight is 413 g/mol. The summed E-state index contributed by atoms with van der Waals surface area (Å²) in [4.78, 5) is 18.8. The smallest absolute Gasteiger partial charge is 0.259 e. The van der Waals surface area contributed by atoms with Gasteiger partial charge in [-0.15, -0.1) is 0 Å². The van der Waals surface area contributed by atoms with Gasteiger partial charge in [-0.25, -0.2) is 4.98 Å². The van der Waals surface area contributed by atoms with Gasteiger partial charge in [0.25, 0.3) is 5.91 Å². The van der Waals surface area contributed by atoms with Gasteiger partial charge < -0.3 is 20.3 Å². The molecule has 4 rings (SSSR count). The molecule has 0 atom stereocenters. The second-order valence-corrected chi connectivity index (χ2v) is 7.26. The van der Waals surface area contributed by atoms with Crippen molar-refractivity contribution < 1.29 is 9.53 Å². The molecule has 0 fully saturated rings. The minimum Gasteiger partial charge on any atom is -0.491 e. The summed E-state index contributed by atoms with van der Waals surface area (Å²) in [6, 6.07) is 7.26. The third kappa shape index (κ3) is 3.84. The van der Waals surface area contributed by atoms with E-state index in [1.807, 2.05) is 32.3 Å². The lowest BCUT2D eigenvalue weighted by molar-refractivity contribution is 0.0797. The van der Waals surface area contributed by atoms with E-state index in [0.717, 1.165) is 11.4 Å². The number of amides is 1. The van der Waals surface area contributed by atoms with Crippen molar-refractivity contribution in [3.05, 3.63) is 52.9 Å². The highest BCUT2D eigenvalue weighted by Crippen LogP contribution is 2.34. The number of nitrogens with zero attached hydrogens (tertiary/aromatic N) is 4. The summed E-state index contributed by atoms with van der Waals surface area (Å²) in [7, 11) is 3.62. The lowest BCUT2D eigenvalue weighted by Crippen LogP contribution is -2.28. The van der Waals surface area contributed by atoms with E-state index < -0.39 is 0 Å². The fourth-order valence-electron chi connectivity index (χ4n) is 3.17. The van der Waals surface area contributed by atoms with Crippen LogP contribution in [0.4, 0.5) is 22.9 Å². The molecule has 150 valence electrons. The van der Waals surface area contributed by atoms with Gasteiger partial charge >= 0.3 is 0 Å². The van der Waals surface area contributed by atoms with E-state index in [-0.39, 0.29) is 5.91 Å².